The van der Waals surface area contributed by atoms with Crippen LogP contribution < -0.4 is 10.6 Å². The Labute approximate surface area is 221 Å². The van der Waals surface area contributed by atoms with Crippen LogP contribution in [0.5, 0.6) is 0 Å². The lowest BCUT2D eigenvalue weighted by Crippen LogP contribution is -2.56. The molecule has 1 aliphatic heterocycles. The minimum atomic E-state index is 0.283. The Morgan fingerprint density at radius 1 is 1.16 bits per heavy atom. The lowest BCUT2D eigenvalue weighted by molar-refractivity contribution is -0.134. The van der Waals surface area contributed by atoms with E-state index in [-0.39, 0.29) is 6.04 Å². The molecule has 6 heteroatoms. The Balaban J connectivity index is 1.25. The molecule has 2 aromatic heterocycles. The number of carbonyl (C=O) groups is 1. The van der Waals surface area contributed by atoms with E-state index in [4.69, 9.17) is 10.7 Å². The van der Waals surface area contributed by atoms with Gasteiger partial charge in [0.15, 0.2) is 5.82 Å². The van der Waals surface area contributed by atoms with E-state index in [9.17, 15) is 4.79 Å². The normalized spacial score (nSPS) is 22.5. The van der Waals surface area contributed by atoms with Crippen LogP contribution >= 0.6 is 0 Å². The summed E-state index contributed by atoms with van der Waals surface area (Å²) in [6.45, 7) is 8.44. The molecule has 2 aromatic rings. The van der Waals surface area contributed by atoms with Gasteiger partial charge < -0.3 is 15.5 Å². The molecule has 1 atom stereocenters. The van der Waals surface area contributed by atoms with Gasteiger partial charge in [-0.2, -0.15) is 0 Å². The van der Waals surface area contributed by atoms with Gasteiger partial charge in [0.2, 0.25) is 5.91 Å². The molecule has 3 aliphatic carbocycles. The van der Waals surface area contributed by atoms with Crippen molar-refractivity contribution in [3.05, 3.63) is 41.9 Å². The van der Waals surface area contributed by atoms with Gasteiger partial charge in [0.1, 0.15) is 0 Å². The zero-order valence-electron chi connectivity index (χ0n) is 22.3. The summed E-state index contributed by atoms with van der Waals surface area (Å²) < 4.78 is 0. The highest BCUT2D eigenvalue weighted by Gasteiger charge is 2.42. The van der Waals surface area contributed by atoms with Crippen molar-refractivity contribution < 1.29 is 4.79 Å². The summed E-state index contributed by atoms with van der Waals surface area (Å²) in [4.78, 5) is 27.6. The molecule has 37 heavy (non-hydrogen) atoms. The SMILES string of the molecule is C=Cc1cc(-c2c(C3CC3)nc(N3CCN(C(=O)CCC4CCCC4)[C@H](C4CC4)C3)c(N)c2C)ccn1. The molecule has 1 amide bonds. The fourth-order valence-corrected chi connectivity index (χ4v) is 6.66. The molecule has 0 spiro atoms. The van der Waals surface area contributed by atoms with Crippen molar-refractivity contribution in [2.45, 2.75) is 83.1 Å². The van der Waals surface area contributed by atoms with Crippen LogP contribution in [-0.2, 0) is 4.79 Å². The molecule has 4 fully saturated rings. The van der Waals surface area contributed by atoms with E-state index in [2.05, 4.69) is 40.4 Å². The Bertz CT molecular complexity index is 1180. The monoisotopic (exact) mass is 499 g/mol. The van der Waals surface area contributed by atoms with Gasteiger partial charge in [0.25, 0.3) is 0 Å². The Morgan fingerprint density at radius 3 is 2.65 bits per heavy atom. The maximum Gasteiger partial charge on any atom is 0.222 e. The molecule has 3 heterocycles. The van der Waals surface area contributed by atoms with Gasteiger partial charge in [-0.3, -0.25) is 9.78 Å². The van der Waals surface area contributed by atoms with Crippen LogP contribution in [0.25, 0.3) is 17.2 Å². The van der Waals surface area contributed by atoms with E-state index in [0.717, 1.165) is 65.9 Å². The molecule has 2 N–H and O–H groups in total. The van der Waals surface area contributed by atoms with E-state index in [1.807, 2.05) is 6.20 Å². The van der Waals surface area contributed by atoms with Crippen molar-refractivity contribution in [2.75, 3.05) is 30.3 Å². The number of aromatic nitrogens is 2. The summed E-state index contributed by atoms with van der Waals surface area (Å²) >= 11 is 0. The highest BCUT2D eigenvalue weighted by atomic mass is 16.2. The van der Waals surface area contributed by atoms with Crippen molar-refractivity contribution in [3.63, 3.8) is 0 Å². The number of rotatable bonds is 8. The predicted molar refractivity (Wildman–Crippen MR) is 150 cm³/mol. The lowest BCUT2D eigenvalue weighted by Gasteiger charge is -2.43. The second-order valence-electron chi connectivity index (χ2n) is 11.8. The molecule has 6 nitrogen and oxygen atoms in total. The van der Waals surface area contributed by atoms with Gasteiger partial charge in [-0.05, 0) is 80.2 Å². The first-order valence-corrected chi connectivity index (χ1v) is 14.5. The van der Waals surface area contributed by atoms with Crippen molar-refractivity contribution in [1.29, 1.82) is 0 Å². The summed E-state index contributed by atoms with van der Waals surface area (Å²) in [5.74, 6) is 3.16. The van der Waals surface area contributed by atoms with Crippen LogP contribution in [0.1, 0.15) is 87.1 Å². The van der Waals surface area contributed by atoms with E-state index in [0.29, 0.717) is 24.2 Å². The van der Waals surface area contributed by atoms with Crippen LogP contribution in [0, 0.1) is 18.8 Å². The maximum absolute atomic E-state index is 13.3. The first-order chi connectivity index (χ1) is 18.0. The number of amides is 1. The third kappa shape index (κ3) is 4.99. The number of pyridine rings is 2. The van der Waals surface area contributed by atoms with Crippen LogP contribution in [-0.4, -0.2) is 46.5 Å². The third-order valence-electron chi connectivity index (χ3n) is 9.19. The first-order valence-electron chi connectivity index (χ1n) is 14.5. The summed E-state index contributed by atoms with van der Waals surface area (Å²) in [5, 5.41) is 0. The van der Waals surface area contributed by atoms with Gasteiger partial charge in [-0.25, -0.2) is 4.98 Å². The number of piperazine rings is 1. The van der Waals surface area contributed by atoms with Gasteiger partial charge in [0, 0.05) is 43.7 Å². The number of nitrogen functional groups attached to an aromatic ring is 1. The van der Waals surface area contributed by atoms with Gasteiger partial charge >= 0.3 is 0 Å². The molecular weight excluding hydrogens is 458 g/mol. The van der Waals surface area contributed by atoms with E-state index in [1.54, 1.807) is 6.08 Å². The molecular formula is C31H41N5O. The molecule has 0 radical (unpaired) electrons. The zero-order valence-corrected chi connectivity index (χ0v) is 22.3. The summed E-state index contributed by atoms with van der Waals surface area (Å²) in [5.41, 5.74) is 13.0. The van der Waals surface area contributed by atoms with Gasteiger partial charge in [-0.15, -0.1) is 0 Å². The Kier molecular flexibility index (Phi) is 6.68. The fourth-order valence-electron chi connectivity index (χ4n) is 6.66. The summed E-state index contributed by atoms with van der Waals surface area (Å²) in [6, 6.07) is 4.42. The van der Waals surface area contributed by atoms with E-state index in [1.165, 1.54) is 57.1 Å². The summed E-state index contributed by atoms with van der Waals surface area (Å²) in [7, 11) is 0. The Morgan fingerprint density at radius 2 is 1.95 bits per heavy atom. The number of hydrogen-bond donors (Lipinski definition) is 1. The molecule has 1 saturated heterocycles. The van der Waals surface area contributed by atoms with E-state index < -0.39 is 0 Å². The molecule has 0 unspecified atom stereocenters. The van der Waals surface area contributed by atoms with Crippen LogP contribution in [0.4, 0.5) is 11.5 Å². The smallest absolute Gasteiger partial charge is 0.222 e. The number of nitrogens with zero attached hydrogens (tertiary/aromatic N) is 4. The number of hydrogen-bond acceptors (Lipinski definition) is 5. The minimum absolute atomic E-state index is 0.283. The number of nitrogens with two attached hydrogens (primary N) is 1. The second kappa shape index (κ2) is 10.1. The number of anilines is 2. The second-order valence-corrected chi connectivity index (χ2v) is 11.8. The third-order valence-corrected chi connectivity index (χ3v) is 9.19. The zero-order chi connectivity index (χ0) is 25.5. The molecule has 0 bridgehead atoms. The quantitative estimate of drug-likeness (QED) is 0.486. The van der Waals surface area contributed by atoms with Crippen molar-refractivity contribution in [2.24, 2.45) is 11.8 Å². The average molecular weight is 500 g/mol. The standard InChI is InChI=1S/C31H41N5O/c1-3-25-18-24(14-15-33-25)28-20(2)29(32)31(34-30(28)23-11-12-23)35-16-17-36(26(19-35)22-9-10-22)27(37)13-8-21-6-4-5-7-21/h3,14-15,18,21-23,26H,1,4-13,16-17,19,32H2,2H3/t26-/m0/s1. The lowest BCUT2D eigenvalue weighted by atomic mass is 9.95. The van der Waals surface area contributed by atoms with Crippen molar-refractivity contribution >= 4 is 23.5 Å². The molecule has 6 rings (SSSR count). The van der Waals surface area contributed by atoms with Crippen molar-refractivity contribution in [3.8, 4) is 11.1 Å². The molecule has 0 aromatic carbocycles. The number of carbonyl (C=O) groups excluding carboxylic acids is 1. The highest BCUT2D eigenvalue weighted by Crippen LogP contribution is 2.48. The first kappa shape index (κ1) is 24.4. The molecule has 3 saturated carbocycles. The maximum atomic E-state index is 13.3. The fraction of sp³-hybridized carbons (Fsp3) is 0.581. The van der Waals surface area contributed by atoms with Gasteiger partial charge in [-0.1, -0.05) is 32.3 Å². The largest absolute Gasteiger partial charge is 0.396 e. The van der Waals surface area contributed by atoms with Crippen molar-refractivity contribution in [1.82, 2.24) is 14.9 Å². The predicted octanol–water partition coefficient (Wildman–Crippen LogP) is 5.95. The van der Waals surface area contributed by atoms with E-state index >= 15 is 0 Å². The van der Waals surface area contributed by atoms with Crippen LogP contribution in [0.15, 0.2) is 24.9 Å². The van der Waals surface area contributed by atoms with Crippen LogP contribution in [0.2, 0.25) is 0 Å². The molecule has 196 valence electrons. The molecule has 4 aliphatic rings. The summed E-state index contributed by atoms with van der Waals surface area (Å²) in [6.07, 6.45) is 15.5. The Hall–Kier alpha value is -2.89. The van der Waals surface area contributed by atoms with Gasteiger partial charge in [0.05, 0.1) is 23.1 Å². The average Bonchev–Trinajstić information content (AvgIpc) is 3.87. The highest BCUT2D eigenvalue weighted by molar-refractivity contribution is 5.82. The van der Waals surface area contributed by atoms with Crippen LogP contribution in [0.3, 0.4) is 0 Å². The topological polar surface area (TPSA) is 75.4 Å². The minimum Gasteiger partial charge on any atom is -0.396 e.